The highest BCUT2D eigenvalue weighted by atomic mass is 16.5. The molecule has 1 amide bonds. The number of pyridine rings is 1. The van der Waals surface area contributed by atoms with Crippen LogP contribution in [0.15, 0.2) is 36.5 Å². The van der Waals surface area contributed by atoms with Crippen LogP contribution >= 0.6 is 0 Å². The fraction of sp³-hybridized carbons (Fsp3) is 0.400. The van der Waals surface area contributed by atoms with Gasteiger partial charge in [-0.15, -0.1) is 0 Å². The van der Waals surface area contributed by atoms with Crippen molar-refractivity contribution in [1.82, 2.24) is 9.88 Å². The summed E-state index contributed by atoms with van der Waals surface area (Å²) in [6, 6.07) is 9.51. The Kier molecular flexibility index (Phi) is 6.26. The van der Waals surface area contributed by atoms with Gasteiger partial charge in [0.25, 0.3) is 5.91 Å². The third kappa shape index (κ3) is 4.96. The van der Waals surface area contributed by atoms with Crippen LogP contribution in [-0.4, -0.2) is 63.3 Å². The lowest BCUT2D eigenvalue weighted by molar-refractivity contribution is 0.102. The quantitative estimate of drug-likeness (QED) is 0.841. The summed E-state index contributed by atoms with van der Waals surface area (Å²) in [6.07, 6.45) is 1.66. The Morgan fingerprint density at radius 3 is 2.74 bits per heavy atom. The van der Waals surface area contributed by atoms with E-state index in [4.69, 9.17) is 9.47 Å². The van der Waals surface area contributed by atoms with Crippen molar-refractivity contribution < 1.29 is 14.3 Å². The minimum absolute atomic E-state index is 0.260. The molecule has 7 nitrogen and oxygen atoms in total. The van der Waals surface area contributed by atoms with Gasteiger partial charge < -0.3 is 24.6 Å². The number of methoxy groups -OCH3 is 1. The molecule has 0 spiro atoms. The van der Waals surface area contributed by atoms with Crippen LogP contribution in [0.5, 0.6) is 5.75 Å². The number of morpholine rings is 1. The van der Waals surface area contributed by atoms with Crippen LogP contribution in [0.2, 0.25) is 0 Å². The van der Waals surface area contributed by atoms with Crippen LogP contribution in [0.1, 0.15) is 16.1 Å². The van der Waals surface area contributed by atoms with Gasteiger partial charge in [0.15, 0.2) is 0 Å². The number of aromatic nitrogens is 1. The number of nitrogens with zero attached hydrogens (tertiary/aromatic N) is 3. The summed E-state index contributed by atoms with van der Waals surface area (Å²) >= 11 is 0. The zero-order chi connectivity index (χ0) is 19.2. The number of anilines is 2. The van der Waals surface area contributed by atoms with E-state index in [1.54, 1.807) is 13.3 Å². The summed E-state index contributed by atoms with van der Waals surface area (Å²) in [5.74, 6) is 0.371. The lowest BCUT2D eigenvalue weighted by atomic mass is 10.1. The molecule has 0 unspecified atom stereocenters. The second-order valence-electron chi connectivity index (χ2n) is 6.73. The first-order valence-electron chi connectivity index (χ1n) is 8.98. The first-order valence-corrected chi connectivity index (χ1v) is 8.98. The number of hydrogen-bond donors (Lipinski definition) is 1. The molecule has 0 aliphatic carbocycles. The molecule has 0 bridgehead atoms. The Bertz CT molecular complexity index is 789. The van der Waals surface area contributed by atoms with Gasteiger partial charge >= 0.3 is 0 Å². The molecule has 2 aromatic rings. The molecule has 27 heavy (non-hydrogen) atoms. The van der Waals surface area contributed by atoms with Crippen LogP contribution in [-0.2, 0) is 11.3 Å². The minimum Gasteiger partial charge on any atom is -0.495 e. The fourth-order valence-corrected chi connectivity index (χ4v) is 3.05. The predicted molar refractivity (Wildman–Crippen MR) is 106 cm³/mol. The van der Waals surface area contributed by atoms with Gasteiger partial charge in [-0.2, -0.15) is 0 Å². The van der Waals surface area contributed by atoms with E-state index in [2.05, 4.69) is 20.1 Å². The Labute approximate surface area is 159 Å². The number of rotatable bonds is 6. The Morgan fingerprint density at radius 1 is 1.26 bits per heavy atom. The molecule has 1 saturated heterocycles. The molecule has 0 saturated carbocycles. The summed E-state index contributed by atoms with van der Waals surface area (Å²) in [6.45, 7) is 3.81. The minimum atomic E-state index is -0.260. The molecular weight excluding hydrogens is 344 g/mol. The van der Waals surface area contributed by atoms with Gasteiger partial charge in [0.2, 0.25) is 0 Å². The van der Waals surface area contributed by atoms with Crippen LogP contribution in [0.3, 0.4) is 0 Å². The maximum atomic E-state index is 12.7. The molecule has 144 valence electrons. The zero-order valence-corrected chi connectivity index (χ0v) is 16.1. The van der Waals surface area contributed by atoms with E-state index in [0.717, 1.165) is 30.9 Å². The second-order valence-corrected chi connectivity index (χ2v) is 6.73. The van der Waals surface area contributed by atoms with E-state index in [0.29, 0.717) is 30.3 Å². The van der Waals surface area contributed by atoms with Gasteiger partial charge in [-0.25, -0.2) is 0 Å². The topological polar surface area (TPSA) is 66.9 Å². The molecule has 1 aliphatic rings. The predicted octanol–water partition coefficient (Wildman–Crippen LogP) is 2.24. The first kappa shape index (κ1) is 19.1. The van der Waals surface area contributed by atoms with E-state index in [1.807, 2.05) is 44.4 Å². The summed E-state index contributed by atoms with van der Waals surface area (Å²) in [5, 5.41) is 2.91. The van der Waals surface area contributed by atoms with E-state index >= 15 is 0 Å². The highest BCUT2D eigenvalue weighted by Gasteiger charge is 2.16. The van der Waals surface area contributed by atoms with Gasteiger partial charge in [-0.3, -0.25) is 9.78 Å². The molecule has 0 atom stereocenters. The maximum Gasteiger partial charge on any atom is 0.274 e. The molecule has 3 rings (SSSR count). The van der Waals surface area contributed by atoms with Gasteiger partial charge in [0, 0.05) is 31.5 Å². The van der Waals surface area contributed by atoms with Crippen LogP contribution in [0.25, 0.3) is 0 Å². The number of nitrogens with one attached hydrogen (secondary N) is 1. The van der Waals surface area contributed by atoms with Crippen molar-refractivity contribution in [3.8, 4) is 5.75 Å². The largest absolute Gasteiger partial charge is 0.495 e. The summed E-state index contributed by atoms with van der Waals surface area (Å²) in [4.78, 5) is 21.2. The van der Waals surface area contributed by atoms with Gasteiger partial charge in [0.05, 0.1) is 26.0 Å². The number of carbonyl (C=O) groups is 1. The van der Waals surface area contributed by atoms with E-state index < -0.39 is 0 Å². The first-order chi connectivity index (χ1) is 13.1. The average molecular weight is 370 g/mol. The molecule has 1 N–H and O–H groups in total. The highest BCUT2D eigenvalue weighted by Crippen LogP contribution is 2.27. The summed E-state index contributed by atoms with van der Waals surface area (Å²) in [7, 11) is 5.62. The molecule has 1 aromatic carbocycles. The lowest BCUT2D eigenvalue weighted by Crippen LogP contribution is -2.36. The third-order valence-electron chi connectivity index (χ3n) is 4.37. The van der Waals surface area contributed by atoms with Crippen LogP contribution in [0.4, 0.5) is 11.4 Å². The Balaban J connectivity index is 1.75. The van der Waals surface area contributed by atoms with Gasteiger partial charge in [-0.1, -0.05) is 6.07 Å². The Hall–Kier alpha value is -2.64. The molecule has 7 heteroatoms. The normalized spacial score (nSPS) is 14.3. The van der Waals surface area contributed by atoms with E-state index in [-0.39, 0.29) is 5.91 Å². The van der Waals surface area contributed by atoms with Crippen molar-refractivity contribution >= 4 is 17.3 Å². The SMILES string of the molecule is COc1cc(CN(C)C)ccc1NC(=O)c1cc(N2CCOCC2)ccn1. The molecule has 0 radical (unpaired) electrons. The maximum absolute atomic E-state index is 12.7. The molecule has 2 heterocycles. The Morgan fingerprint density at radius 2 is 2.04 bits per heavy atom. The number of ether oxygens (including phenoxy) is 2. The van der Waals surface area contributed by atoms with Gasteiger partial charge in [0.1, 0.15) is 11.4 Å². The molecule has 1 aliphatic heterocycles. The smallest absolute Gasteiger partial charge is 0.274 e. The summed E-state index contributed by atoms with van der Waals surface area (Å²) < 4.78 is 10.8. The number of carbonyl (C=O) groups excluding carboxylic acids is 1. The zero-order valence-electron chi connectivity index (χ0n) is 16.1. The monoisotopic (exact) mass is 370 g/mol. The highest BCUT2D eigenvalue weighted by molar-refractivity contribution is 6.04. The van der Waals surface area contributed by atoms with Crippen molar-refractivity contribution in [3.63, 3.8) is 0 Å². The van der Waals surface area contributed by atoms with E-state index in [1.165, 1.54) is 0 Å². The fourth-order valence-electron chi connectivity index (χ4n) is 3.05. The van der Waals surface area contributed by atoms with Crippen LogP contribution in [0, 0.1) is 0 Å². The molecule has 1 fully saturated rings. The van der Waals surface area contributed by atoms with Crippen molar-refractivity contribution in [3.05, 3.63) is 47.8 Å². The summed E-state index contributed by atoms with van der Waals surface area (Å²) in [5.41, 5.74) is 3.09. The average Bonchev–Trinajstić information content (AvgIpc) is 2.69. The second kappa shape index (κ2) is 8.83. The molecular formula is C20H26N4O3. The van der Waals surface area contributed by atoms with Crippen molar-refractivity contribution in [1.29, 1.82) is 0 Å². The lowest BCUT2D eigenvalue weighted by Gasteiger charge is -2.28. The number of amides is 1. The van der Waals surface area contributed by atoms with Gasteiger partial charge in [-0.05, 0) is 43.9 Å². The van der Waals surface area contributed by atoms with E-state index in [9.17, 15) is 4.79 Å². The van der Waals surface area contributed by atoms with Crippen molar-refractivity contribution in [2.75, 3.05) is 57.7 Å². The van der Waals surface area contributed by atoms with Crippen molar-refractivity contribution in [2.45, 2.75) is 6.54 Å². The van der Waals surface area contributed by atoms with Crippen LogP contribution < -0.4 is 15.0 Å². The third-order valence-corrected chi connectivity index (χ3v) is 4.37. The number of hydrogen-bond acceptors (Lipinski definition) is 6. The standard InChI is InChI=1S/C20H26N4O3/c1-23(2)14-15-4-5-17(19(12-15)26-3)22-20(25)18-13-16(6-7-21-18)24-8-10-27-11-9-24/h4-7,12-13H,8-11,14H2,1-3H3,(H,22,25). The van der Waals surface area contributed by atoms with Crippen molar-refractivity contribution in [2.24, 2.45) is 0 Å². The number of benzene rings is 1. The molecule has 1 aromatic heterocycles.